The Kier molecular flexibility index (Phi) is 7.46. The molecule has 0 spiro atoms. The highest BCUT2D eigenvalue weighted by molar-refractivity contribution is 5.90. The summed E-state index contributed by atoms with van der Waals surface area (Å²) in [7, 11) is 0. The molecule has 43 heavy (non-hydrogen) atoms. The maximum atomic E-state index is 16.3. The van der Waals surface area contributed by atoms with Crippen LogP contribution in [0, 0.1) is 0 Å². The standard InChI is InChI=1S/C29H25F4N5O5/c30-20-22(43-27(41)15-7-2-1-3-8-15)19(13-16-9-4-5-12-18(16)26(39)40)42-25(20)38-14-34-21-23(35-17-10-6-11-17)36-28(29(31,32)33)37-24(21)38/h1-5,7-9,12,14,17,19-20,22,25H,6,10-11,13H2,(H,39,40)(H,35,36,37)/t19-,20+,22-,25-/m1/s1. The van der Waals surface area contributed by atoms with Crippen molar-refractivity contribution in [2.45, 2.75) is 62.5 Å². The fraction of sp³-hybridized carbons (Fsp3) is 0.345. The zero-order chi connectivity index (χ0) is 30.3. The van der Waals surface area contributed by atoms with Crippen molar-refractivity contribution in [2.24, 2.45) is 0 Å². The molecule has 0 amide bonds. The number of imidazole rings is 1. The first-order valence-electron chi connectivity index (χ1n) is 13.5. The molecule has 4 atom stereocenters. The predicted octanol–water partition coefficient (Wildman–Crippen LogP) is 5.21. The third kappa shape index (κ3) is 5.61. The first kappa shape index (κ1) is 28.5. The van der Waals surface area contributed by atoms with Gasteiger partial charge in [-0.1, -0.05) is 36.4 Å². The summed E-state index contributed by atoms with van der Waals surface area (Å²) in [5.74, 6) is -3.63. The van der Waals surface area contributed by atoms with Crippen LogP contribution in [0.1, 0.15) is 57.6 Å². The number of carbonyl (C=O) groups is 2. The van der Waals surface area contributed by atoms with Crippen LogP contribution in [0.25, 0.3) is 11.2 Å². The number of hydrogen-bond donors (Lipinski definition) is 2. The molecule has 1 saturated carbocycles. The molecule has 6 rings (SSSR count). The van der Waals surface area contributed by atoms with Gasteiger partial charge in [-0.2, -0.15) is 13.2 Å². The molecule has 0 radical (unpaired) electrons. The molecule has 4 aromatic rings. The van der Waals surface area contributed by atoms with E-state index in [0.717, 1.165) is 30.2 Å². The van der Waals surface area contributed by atoms with Gasteiger partial charge in [0.05, 0.1) is 17.5 Å². The number of aromatic carboxylic acids is 1. The number of esters is 1. The molecule has 2 fully saturated rings. The van der Waals surface area contributed by atoms with Crippen LogP contribution in [0.2, 0.25) is 0 Å². The van der Waals surface area contributed by atoms with Gasteiger partial charge in [-0.3, -0.25) is 4.57 Å². The smallest absolute Gasteiger partial charge is 0.451 e. The van der Waals surface area contributed by atoms with Gasteiger partial charge in [-0.25, -0.2) is 28.9 Å². The second-order valence-electron chi connectivity index (χ2n) is 10.4. The van der Waals surface area contributed by atoms with E-state index in [2.05, 4.69) is 20.3 Å². The molecular weight excluding hydrogens is 574 g/mol. The van der Waals surface area contributed by atoms with E-state index in [4.69, 9.17) is 9.47 Å². The van der Waals surface area contributed by atoms with Gasteiger partial charge < -0.3 is 19.9 Å². The number of halogens is 4. The average Bonchev–Trinajstić information content (AvgIpc) is 3.51. The number of carbonyl (C=O) groups excluding carboxylic acids is 1. The van der Waals surface area contributed by atoms with Crippen LogP contribution in [0.5, 0.6) is 0 Å². The molecule has 2 aromatic heterocycles. The van der Waals surface area contributed by atoms with Crippen LogP contribution in [-0.4, -0.2) is 61.0 Å². The van der Waals surface area contributed by atoms with Gasteiger partial charge in [0, 0.05) is 12.5 Å². The Morgan fingerprint density at radius 2 is 1.79 bits per heavy atom. The summed E-state index contributed by atoms with van der Waals surface area (Å²) in [5.41, 5.74) is 0.0492. The summed E-state index contributed by atoms with van der Waals surface area (Å²) < 4.78 is 70.3. The Morgan fingerprint density at radius 3 is 2.47 bits per heavy atom. The fourth-order valence-electron chi connectivity index (χ4n) is 5.19. The summed E-state index contributed by atoms with van der Waals surface area (Å²) in [5, 5.41) is 12.6. The lowest BCUT2D eigenvalue weighted by atomic mass is 9.93. The summed E-state index contributed by atoms with van der Waals surface area (Å²) in [6.07, 6.45) is -7.99. The van der Waals surface area contributed by atoms with Crippen molar-refractivity contribution in [3.63, 3.8) is 0 Å². The van der Waals surface area contributed by atoms with E-state index in [1.807, 2.05) is 0 Å². The lowest BCUT2D eigenvalue weighted by Gasteiger charge is -2.27. The lowest BCUT2D eigenvalue weighted by Crippen LogP contribution is -2.35. The van der Waals surface area contributed by atoms with Crippen molar-refractivity contribution < 1.29 is 41.7 Å². The van der Waals surface area contributed by atoms with Gasteiger partial charge in [0.2, 0.25) is 5.82 Å². The topological polar surface area (TPSA) is 128 Å². The number of carboxylic acid groups (broad SMARTS) is 1. The van der Waals surface area contributed by atoms with Crippen LogP contribution in [-0.2, 0) is 22.1 Å². The minimum absolute atomic E-state index is 0.00629. The van der Waals surface area contributed by atoms with E-state index in [-0.39, 0.29) is 46.1 Å². The number of benzene rings is 2. The van der Waals surface area contributed by atoms with Gasteiger partial charge in [0.25, 0.3) is 0 Å². The van der Waals surface area contributed by atoms with Crippen molar-refractivity contribution >= 4 is 28.9 Å². The van der Waals surface area contributed by atoms with Crippen LogP contribution >= 0.6 is 0 Å². The summed E-state index contributed by atoms with van der Waals surface area (Å²) in [6.45, 7) is 0. The monoisotopic (exact) mass is 599 g/mol. The van der Waals surface area contributed by atoms with Gasteiger partial charge in [-0.15, -0.1) is 0 Å². The molecule has 1 aliphatic heterocycles. The largest absolute Gasteiger partial charge is 0.478 e. The third-order valence-electron chi connectivity index (χ3n) is 7.58. The molecule has 1 aliphatic carbocycles. The first-order valence-corrected chi connectivity index (χ1v) is 13.5. The molecule has 0 bridgehead atoms. The Labute approximate surface area is 241 Å². The first-order chi connectivity index (χ1) is 20.6. The normalized spacial score (nSPS) is 22.3. The number of rotatable bonds is 8. The van der Waals surface area contributed by atoms with Crippen LogP contribution in [0.4, 0.5) is 23.4 Å². The van der Waals surface area contributed by atoms with E-state index in [9.17, 15) is 27.9 Å². The molecule has 1 saturated heterocycles. The molecule has 2 N–H and O–H groups in total. The Bertz CT molecular complexity index is 1660. The van der Waals surface area contributed by atoms with Crippen molar-refractivity contribution in [1.82, 2.24) is 19.5 Å². The molecule has 224 valence electrons. The second-order valence-corrected chi connectivity index (χ2v) is 10.4. The Morgan fingerprint density at radius 1 is 1.07 bits per heavy atom. The molecule has 0 unspecified atom stereocenters. The number of aromatic nitrogens is 4. The molecule has 10 nitrogen and oxygen atoms in total. The number of alkyl halides is 4. The molecular formula is C29H25F4N5O5. The van der Waals surface area contributed by atoms with Crippen molar-refractivity contribution in [3.05, 3.63) is 83.4 Å². The zero-order valence-electron chi connectivity index (χ0n) is 22.4. The van der Waals surface area contributed by atoms with Crippen molar-refractivity contribution in [3.8, 4) is 0 Å². The Balaban J connectivity index is 1.39. The number of nitrogens with one attached hydrogen (secondary N) is 1. The van der Waals surface area contributed by atoms with Gasteiger partial charge in [0.15, 0.2) is 35.5 Å². The van der Waals surface area contributed by atoms with Crippen LogP contribution in [0.15, 0.2) is 60.9 Å². The van der Waals surface area contributed by atoms with E-state index in [1.54, 1.807) is 24.3 Å². The minimum atomic E-state index is -4.90. The highest BCUT2D eigenvalue weighted by atomic mass is 19.4. The highest BCUT2D eigenvalue weighted by Crippen LogP contribution is 2.39. The summed E-state index contributed by atoms with van der Waals surface area (Å²) in [4.78, 5) is 36.3. The van der Waals surface area contributed by atoms with Gasteiger partial charge in [-0.05, 0) is 43.0 Å². The maximum Gasteiger partial charge on any atom is 0.451 e. The maximum absolute atomic E-state index is 16.3. The van der Waals surface area contributed by atoms with E-state index in [1.165, 1.54) is 30.3 Å². The molecule has 3 heterocycles. The number of fused-ring (bicyclic) bond motifs is 1. The quantitative estimate of drug-likeness (QED) is 0.207. The number of carboxylic acids is 1. The number of ether oxygens (including phenoxy) is 2. The van der Waals surface area contributed by atoms with Crippen molar-refractivity contribution in [1.29, 1.82) is 0 Å². The van der Waals surface area contributed by atoms with Gasteiger partial charge in [0.1, 0.15) is 6.10 Å². The van der Waals surface area contributed by atoms with Crippen LogP contribution in [0.3, 0.4) is 0 Å². The SMILES string of the molecule is O=C(O[C@H]1[C@H](F)[C@H](n2cnc3c(NC4CCC4)nc(C(F)(F)F)nc32)O[C@@H]1Cc1ccccc1C(=O)O)c1ccccc1. The predicted molar refractivity (Wildman–Crippen MR) is 143 cm³/mol. The van der Waals surface area contributed by atoms with E-state index >= 15 is 4.39 Å². The Hall–Kier alpha value is -4.59. The fourth-order valence-corrected chi connectivity index (χ4v) is 5.19. The summed E-state index contributed by atoms with van der Waals surface area (Å²) >= 11 is 0. The molecule has 14 heteroatoms. The van der Waals surface area contributed by atoms with E-state index in [0.29, 0.717) is 0 Å². The lowest BCUT2D eigenvalue weighted by molar-refractivity contribution is -0.144. The van der Waals surface area contributed by atoms with E-state index < -0.39 is 48.5 Å². The average molecular weight is 600 g/mol. The number of anilines is 1. The minimum Gasteiger partial charge on any atom is -0.478 e. The van der Waals surface area contributed by atoms with Gasteiger partial charge >= 0.3 is 18.1 Å². The second kappa shape index (κ2) is 11.2. The number of hydrogen-bond acceptors (Lipinski definition) is 8. The molecule has 2 aliphatic rings. The molecule has 2 aromatic carbocycles. The van der Waals surface area contributed by atoms with Crippen LogP contribution < -0.4 is 5.32 Å². The van der Waals surface area contributed by atoms with Crippen molar-refractivity contribution in [2.75, 3.05) is 5.32 Å². The summed E-state index contributed by atoms with van der Waals surface area (Å²) in [6, 6.07) is 13.8. The number of nitrogens with zero attached hydrogens (tertiary/aromatic N) is 4. The highest BCUT2D eigenvalue weighted by Gasteiger charge is 2.50. The zero-order valence-corrected chi connectivity index (χ0v) is 22.4. The third-order valence-corrected chi connectivity index (χ3v) is 7.58.